The number of rotatable bonds is 4. The lowest BCUT2D eigenvalue weighted by Crippen LogP contribution is -2.38. The predicted molar refractivity (Wildman–Crippen MR) is 98.9 cm³/mol. The lowest BCUT2D eigenvalue weighted by atomic mass is 9.82. The molecule has 1 N–H and O–H groups in total. The zero-order valence-electron chi connectivity index (χ0n) is 14.3. The van der Waals surface area contributed by atoms with Gasteiger partial charge in [0.2, 0.25) is 0 Å². The molecule has 2 atom stereocenters. The SMILES string of the molecule is C#Cc1ccc2c(c1Oc1ccccc1)CC(C(=O)C1CC1)[C@H](C)N2. The van der Waals surface area contributed by atoms with Crippen molar-refractivity contribution in [1.82, 2.24) is 0 Å². The minimum atomic E-state index is -0.0221. The van der Waals surface area contributed by atoms with Gasteiger partial charge in [-0.1, -0.05) is 24.1 Å². The highest BCUT2D eigenvalue weighted by Gasteiger charge is 2.40. The smallest absolute Gasteiger partial charge is 0.148 e. The normalized spacial score (nSPS) is 21.6. The zero-order chi connectivity index (χ0) is 17.4. The van der Waals surface area contributed by atoms with Crippen LogP contribution in [0, 0.1) is 24.2 Å². The van der Waals surface area contributed by atoms with Crippen LogP contribution in [0.25, 0.3) is 0 Å². The molecule has 1 unspecified atom stereocenters. The number of hydrogen-bond acceptors (Lipinski definition) is 3. The highest BCUT2D eigenvalue weighted by molar-refractivity contribution is 5.88. The lowest BCUT2D eigenvalue weighted by molar-refractivity contribution is -0.124. The van der Waals surface area contributed by atoms with Crippen molar-refractivity contribution in [2.75, 3.05) is 5.32 Å². The van der Waals surface area contributed by atoms with Crippen molar-refractivity contribution in [1.29, 1.82) is 0 Å². The van der Waals surface area contributed by atoms with E-state index in [1.54, 1.807) is 0 Å². The second-order valence-electron chi connectivity index (χ2n) is 6.95. The Morgan fingerprint density at radius 3 is 2.64 bits per heavy atom. The molecule has 1 saturated carbocycles. The molecule has 0 radical (unpaired) electrons. The first-order chi connectivity index (χ1) is 12.2. The third kappa shape index (κ3) is 3.00. The number of benzene rings is 2. The van der Waals surface area contributed by atoms with Crippen molar-refractivity contribution < 1.29 is 9.53 Å². The van der Waals surface area contributed by atoms with Crippen LogP contribution in [0.5, 0.6) is 11.5 Å². The molecular formula is C22H21NO2. The highest BCUT2D eigenvalue weighted by Crippen LogP contribution is 2.42. The predicted octanol–water partition coefficient (Wildman–Crippen LogP) is 4.41. The summed E-state index contributed by atoms with van der Waals surface area (Å²) in [6.07, 6.45) is 8.45. The van der Waals surface area contributed by atoms with Crippen LogP contribution in [0.15, 0.2) is 42.5 Å². The van der Waals surface area contributed by atoms with Gasteiger partial charge in [0.15, 0.2) is 0 Å². The number of terminal acetylenes is 1. The fourth-order valence-electron chi connectivity index (χ4n) is 3.56. The van der Waals surface area contributed by atoms with E-state index < -0.39 is 0 Å². The Hall–Kier alpha value is -2.73. The Bertz CT molecular complexity index is 846. The molecule has 0 saturated heterocycles. The summed E-state index contributed by atoms with van der Waals surface area (Å²) in [7, 11) is 0. The zero-order valence-corrected chi connectivity index (χ0v) is 14.3. The lowest BCUT2D eigenvalue weighted by Gasteiger charge is -2.33. The Kier molecular flexibility index (Phi) is 3.97. The maximum atomic E-state index is 12.7. The molecule has 0 aromatic heterocycles. The molecule has 1 aliphatic heterocycles. The molecule has 1 aliphatic carbocycles. The van der Waals surface area contributed by atoms with E-state index in [1.807, 2.05) is 42.5 Å². The van der Waals surface area contributed by atoms with Gasteiger partial charge in [-0.15, -0.1) is 6.42 Å². The second-order valence-corrected chi connectivity index (χ2v) is 6.95. The summed E-state index contributed by atoms with van der Waals surface area (Å²) in [5.74, 6) is 4.77. The second kappa shape index (κ2) is 6.29. The van der Waals surface area contributed by atoms with Gasteiger partial charge in [0.1, 0.15) is 17.3 Å². The van der Waals surface area contributed by atoms with E-state index in [0.717, 1.165) is 35.4 Å². The summed E-state index contributed by atoms with van der Waals surface area (Å²) < 4.78 is 6.14. The summed E-state index contributed by atoms with van der Waals surface area (Å²) in [5.41, 5.74) is 2.74. The van der Waals surface area contributed by atoms with Gasteiger partial charge in [-0.25, -0.2) is 0 Å². The third-order valence-corrected chi connectivity index (χ3v) is 5.14. The van der Waals surface area contributed by atoms with E-state index >= 15 is 0 Å². The minimum absolute atomic E-state index is 0.0221. The summed E-state index contributed by atoms with van der Waals surface area (Å²) in [5, 5.41) is 3.48. The van der Waals surface area contributed by atoms with Crippen LogP contribution >= 0.6 is 0 Å². The minimum Gasteiger partial charge on any atom is -0.456 e. The van der Waals surface area contributed by atoms with Gasteiger partial charge in [-0.3, -0.25) is 4.79 Å². The average molecular weight is 331 g/mol. The number of para-hydroxylation sites is 1. The van der Waals surface area contributed by atoms with E-state index in [-0.39, 0.29) is 17.9 Å². The number of carbonyl (C=O) groups excluding carboxylic acids is 1. The van der Waals surface area contributed by atoms with Crippen LogP contribution in [0.1, 0.15) is 30.9 Å². The standard InChI is InChI=1S/C22H21NO2/c1-3-15-11-12-20-19(22(15)25-17-7-5-4-6-8-17)13-18(14(2)23-20)21(24)16-9-10-16/h1,4-8,11-12,14,16,18,23H,9-10,13H2,2H3/t14-,18?/m0/s1. The molecule has 4 rings (SSSR count). The van der Waals surface area contributed by atoms with E-state index in [1.165, 1.54) is 0 Å². The molecule has 3 heteroatoms. The summed E-state index contributed by atoms with van der Waals surface area (Å²) in [6.45, 7) is 2.08. The van der Waals surface area contributed by atoms with Gasteiger partial charge in [0.05, 0.1) is 5.56 Å². The number of ketones is 1. The molecule has 0 spiro atoms. The number of carbonyl (C=O) groups is 1. The van der Waals surface area contributed by atoms with E-state index in [4.69, 9.17) is 11.2 Å². The van der Waals surface area contributed by atoms with Crippen molar-refractivity contribution >= 4 is 11.5 Å². The third-order valence-electron chi connectivity index (χ3n) is 5.14. The van der Waals surface area contributed by atoms with Crippen LogP contribution in [-0.2, 0) is 11.2 Å². The van der Waals surface area contributed by atoms with E-state index in [2.05, 4.69) is 18.2 Å². The van der Waals surface area contributed by atoms with Gasteiger partial charge in [-0.05, 0) is 50.5 Å². The van der Waals surface area contributed by atoms with Crippen molar-refractivity contribution in [3.8, 4) is 23.8 Å². The quantitative estimate of drug-likeness (QED) is 0.843. The Morgan fingerprint density at radius 1 is 1.20 bits per heavy atom. The number of fused-ring (bicyclic) bond motifs is 1. The van der Waals surface area contributed by atoms with Crippen LogP contribution in [0.4, 0.5) is 5.69 Å². The van der Waals surface area contributed by atoms with Crippen LogP contribution in [0.2, 0.25) is 0 Å². The molecule has 2 aromatic carbocycles. The molecule has 0 bridgehead atoms. The van der Waals surface area contributed by atoms with Gasteiger partial charge >= 0.3 is 0 Å². The first-order valence-corrected chi connectivity index (χ1v) is 8.83. The number of nitrogens with one attached hydrogen (secondary N) is 1. The first kappa shape index (κ1) is 15.8. The number of hydrogen-bond donors (Lipinski definition) is 1. The van der Waals surface area contributed by atoms with E-state index in [9.17, 15) is 4.79 Å². The van der Waals surface area contributed by atoms with Crippen LogP contribution in [-0.4, -0.2) is 11.8 Å². The number of anilines is 1. The molecule has 126 valence electrons. The van der Waals surface area contributed by atoms with Gasteiger partial charge < -0.3 is 10.1 Å². The molecule has 1 fully saturated rings. The summed E-state index contributed by atoms with van der Waals surface area (Å²) in [4.78, 5) is 12.7. The molecule has 0 amide bonds. The number of Topliss-reactive ketones (excluding diaryl/α,β-unsaturated/α-hetero) is 1. The van der Waals surface area contributed by atoms with Crippen molar-refractivity contribution in [3.05, 3.63) is 53.6 Å². The topological polar surface area (TPSA) is 38.3 Å². The Labute approximate surface area is 148 Å². The fraction of sp³-hybridized carbons (Fsp3) is 0.318. The first-order valence-electron chi connectivity index (χ1n) is 8.83. The monoisotopic (exact) mass is 331 g/mol. The fourth-order valence-corrected chi connectivity index (χ4v) is 3.56. The van der Waals surface area contributed by atoms with Crippen molar-refractivity contribution in [3.63, 3.8) is 0 Å². The summed E-state index contributed by atoms with van der Waals surface area (Å²) >= 11 is 0. The average Bonchev–Trinajstić information content (AvgIpc) is 3.47. The van der Waals surface area contributed by atoms with Crippen LogP contribution < -0.4 is 10.1 Å². The Balaban J connectivity index is 1.73. The van der Waals surface area contributed by atoms with Gasteiger partial charge in [0.25, 0.3) is 0 Å². The van der Waals surface area contributed by atoms with Crippen molar-refractivity contribution in [2.45, 2.75) is 32.2 Å². The van der Waals surface area contributed by atoms with Crippen LogP contribution in [0.3, 0.4) is 0 Å². The molecule has 2 aromatic rings. The Morgan fingerprint density at radius 2 is 1.96 bits per heavy atom. The summed E-state index contributed by atoms with van der Waals surface area (Å²) in [6, 6.07) is 13.7. The van der Waals surface area contributed by atoms with E-state index in [0.29, 0.717) is 18.0 Å². The molecule has 25 heavy (non-hydrogen) atoms. The van der Waals surface area contributed by atoms with Gasteiger partial charge in [0, 0.05) is 29.1 Å². The maximum Gasteiger partial charge on any atom is 0.148 e. The molecule has 1 heterocycles. The number of ether oxygens (including phenoxy) is 1. The maximum absolute atomic E-state index is 12.7. The van der Waals surface area contributed by atoms with Gasteiger partial charge in [-0.2, -0.15) is 0 Å². The molecular weight excluding hydrogens is 310 g/mol. The molecule has 2 aliphatic rings. The highest BCUT2D eigenvalue weighted by atomic mass is 16.5. The van der Waals surface area contributed by atoms with Crippen molar-refractivity contribution in [2.24, 2.45) is 11.8 Å². The molecule has 3 nitrogen and oxygen atoms in total. The largest absolute Gasteiger partial charge is 0.456 e.